The largest absolute Gasteiger partial charge is 0.434 e. The zero-order valence-electron chi connectivity index (χ0n) is 9.57. The summed E-state index contributed by atoms with van der Waals surface area (Å²) < 4.78 is 19.0. The lowest BCUT2D eigenvalue weighted by Crippen LogP contribution is -1.97. The van der Waals surface area contributed by atoms with Gasteiger partial charge in [-0.15, -0.1) is 0 Å². The third-order valence-corrected chi connectivity index (χ3v) is 2.24. The molecule has 1 heterocycles. The Balaban J connectivity index is 2.28. The zero-order chi connectivity index (χ0) is 12.3. The molecule has 17 heavy (non-hydrogen) atoms. The van der Waals surface area contributed by atoms with Crippen molar-refractivity contribution in [1.82, 2.24) is 9.97 Å². The van der Waals surface area contributed by atoms with Crippen molar-refractivity contribution in [2.24, 2.45) is 0 Å². The quantitative estimate of drug-likeness (QED) is 0.885. The minimum Gasteiger partial charge on any atom is -0.434 e. The third kappa shape index (κ3) is 2.50. The number of benzene rings is 1. The molecule has 0 spiro atoms. The highest BCUT2D eigenvalue weighted by molar-refractivity contribution is 5.36. The van der Waals surface area contributed by atoms with Crippen LogP contribution in [-0.4, -0.2) is 17.0 Å². The van der Waals surface area contributed by atoms with Crippen LogP contribution in [0.1, 0.15) is 5.56 Å². The summed E-state index contributed by atoms with van der Waals surface area (Å²) >= 11 is 0. The smallest absolute Gasteiger partial charge is 0.239 e. The first-order valence-corrected chi connectivity index (χ1v) is 5.13. The molecule has 1 aromatic carbocycles. The van der Waals surface area contributed by atoms with Gasteiger partial charge in [-0.1, -0.05) is 12.1 Å². The molecular weight excluding hydrogens is 221 g/mol. The van der Waals surface area contributed by atoms with E-state index in [9.17, 15) is 4.39 Å². The van der Waals surface area contributed by atoms with E-state index in [-0.39, 0.29) is 17.4 Å². The van der Waals surface area contributed by atoms with Crippen molar-refractivity contribution in [3.63, 3.8) is 0 Å². The fourth-order valence-corrected chi connectivity index (χ4v) is 1.33. The summed E-state index contributed by atoms with van der Waals surface area (Å²) in [5, 5.41) is 2.83. The summed E-state index contributed by atoms with van der Waals surface area (Å²) in [6, 6.07) is 4.96. The van der Waals surface area contributed by atoms with Crippen molar-refractivity contribution in [3.8, 4) is 11.6 Å². The third-order valence-electron chi connectivity index (χ3n) is 2.24. The van der Waals surface area contributed by atoms with Crippen LogP contribution in [0.25, 0.3) is 0 Å². The molecular formula is C12H12FN3O. The van der Waals surface area contributed by atoms with Gasteiger partial charge in [0.25, 0.3) is 0 Å². The Morgan fingerprint density at radius 2 is 2.12 bits per heavy atom. The van der Waals surface area contributed by atoms with Gasteiger partial charge in [0.05, 0.1) is 12.4 Å². The first-order valence-electron chi connectivity index (χ1n) is 5.13. The molecule has 0 saturated carbocycles. The van der Waals surface area contributed by atoms with Crippen LogP contribution in [0.15, 0.2) is 30.6 Å². The molecule has 0 aliphatic carbocycles. The van der Waals surface area contributed by atoms with Gasteiger partial charge in [0.15, 0.2) is 11.6 Å². The van der Waals surface area contributed by atoms with E-state index in [0.29, 0.717) is 11.4 Å². The normalized spacial score (nSPS) is 10.1. The van der Waals surface area contributed by atoms with Crippen LogP contribution in [0, 0.1) is 12.7 Å². The number of aromatic nitrogens is 2. The van der Waals surface area contributed by atoms with Gasteiger partial charge in [-0.2, -0.15) is 4.98 Å². The minimum atomic E-state index is -0.385. The van der Waals surface area contributed by atoms with Crippen LogP contribution < -0.4 is 10.1 Å². The molecule has 88 valence electrons. The number of hydrogen-bond donors (Lipinski definition) is 1. The molecule has 0 unspecified atom stereocenters. The molecule has 0 saturated heterocycles. The van der Waals surface area contributed by atoms with E-state index in [2.05, 4.69) is 15.3 Å². The molecule has 4 nitrogen and oxygen atoms in total. The Kier molecular flexibility index (Phi) is 3.18. The number of anilines is 1. The second-order valence-corrected chi connectivity index (χ2v) is 3.48. The Morgan fingerprint density at radius 3 is 2.88 bits per heavy atom. The van der Waals surface area contributed by atoms with E-state index in [4.69, 9.17) is 4.74 Å². The van der Waals surface area contributed by atoms with Gasteiger partial charge in [-0.25, -0.2) is 4.39 Å². The second kappa shape index (κ2) is 4.78. The van der Waals surface area contributed by atoms with Crippen molar-refractivity contribution in [2.45, 2.75) is 6.92 Å². The van der Waals surface area contributed by atoms with E-state index in [1.165, 1.54) is 6.20 Å². The minimum absolute atomic E-state index is 0.146. The second-order valence-electron chi connectivity index (χ2n) is 3.48. The lowest BCUT2D eigenvalue weighted by molar-refractivity contribution is 0.424. The maximum atomic E-state index is 13.7. The maximum absolute atomic E-state index is 13.7. The highest BCUT2D eigenvalue weighted by Gasteiger charge is 2.08. The van der Waals surface area contributed by atoms with E-state index in [1.54, 1.807) is 38.4 Å². The van der Waals surface area contributed by atoms with Crippen LogP contribution in [0.2, 0.25) is 0 Å². The SMILES string of the molecule is CNc1cncc(Oc2cccc(C)c2F)n1. The Hall–Kier alpha value is -2.17. The Bertz CT molecular complexity index is 531. The number of aryl methyl sites for hydroxylation is 1. The fraction of sp³-hybridized carbons (Fsp3) is 0.167. The number of ether oxygens (including phenoxy) is 1. The lowest BCUT2D eigenvalue weighted by Gasteiger charge is -2.07. The molecule has 5 heteroatoms. The van der Waals surface area contributed by atoms with Gasteiger partial charge >= 0.3 is 0 Å². The van der Waals surface area contributed by atoms with Crippen molar-refractivity contribution in [3.05, 3.63) is 42.0 Å². The summed E-state index contributed by atoms with van der Waals surface area (Å²) in [6.45, 7) is 1.68. The molecule has 2 aromatic rings. The molecule has 1 N–H and O–H groups in total. The van der Waals surface area contributed by atoms with Gasteiger partial charge in [-0.05, 0) is 18.6 Å². The predicted molar refractivity (Wildman–Crippen MR) is 62.8 cm³/mol. The average Bonchev–Trinajstić information content (AvgIpc) is 2.35. The molecule has 2 rings (SSSR count). The van der Waals surface area contributed by atoms with Gasteiger partial charge in [-0.3, -0.25) is 4.98 Å². The van der Waals surface area contributed by atoms with Gasteiger partial charge in [0.2, 0.25) is 5.88 Å². The fourth-order valence-electron chi connectivity index (χ4n) is 1.33. The average molecular weight is 233 g/mol. The number of halogens is 1. The van der Waals surface area contributed by atoms with Crippen LogP contribution in [0.5, 0.6) is 11.6 Å². The number of nitrogens with zero attached hydrogens (tertiary/aromatic N) is 2. The van der Waals surface area contributed by atoms with E-state index in [1.807, 2.05) is 0 Å². The molecule has 0 aliphatic rings. The molecule has 0 amide bonds. The molecule has 0 atom stereocenters. The Morgan fingerprint density at radius 1 is 1.29 bits per heavy atom. The van der Waals surface area contributed by atoms with Crippen LogP contribution in [-0.2, 0) is 0 Å². The topological polar surface area (TPSA) is 47.0 Å². The van der Waals surface area contributed by atoms with Crippen LogP contribution in [0.4, 0.5) is 10.2 Å². The molecule has 0 bridgehead atoms. The van der Waals surface area contributed by atoms with E-state index >= 15 is 0 Å². The van der Waals surface area contributed by atoms with E-state index < -0.39 is 0 Å². The number of rotatable bonds is 3. The summed E-state index contributed by atoms with van der Waals surface area (Å²) in [4.78, 5) is 8.03. The molecule has 0 radical (unpaired) electrons. The predicted octanol–water partition coefficient (Wildman–Crippen LogP) is 2.76. The van der Waals surface area contributed by atoms with E-state index in [0.717, 1.165) is 0 Å². The summed E-state index contributed by atoms with van der Waals surface area (Å²) in [7, 11) is 1.72. The molecule has 1 aromatic heterocycles. The van der Waals surface area contributed by atoms with Gasteiger partial charge in [0, 0.05) is 7.05 Å². The first-order chi connectivity index (χ1) is 8.20. The zero-order valence-corrected chi connectivity index (χ0v) is 9.57. The first kappa shape index (κ1) is 11.3. The highest BCUT2D eigenvalue weighted by Crippen LogP contribution is 2.24. The monoisotopic (exact) mass is 233 g/mol. The summed E-state index contributed by atoms with van der Waals surface area (Å²) in [6.07, 6.45) is 2.99. The van der Waals surface area contributed by atoms with Crippen molar-refractivity contribution >= 4 is 5.82 Å². The van der Waals surface area contributed by atoms with Gasteiger partial charge in [0.1, 0.15) is 5.82 Å². The van der Waals surface area contributed by atoms with Crippen molar-refractivity contribution in [2.75, 3.05) is 12.4 Å². The molecule has 0 aliphatic heterocycles. The van der Waals surface area contributed by atoms with Crippen molar-refractivity contribution < 1.29 is 9.13 Å². The maximum Gasteiger partial charge on any atom is 0.239 e. The summed E-state index contributed by atoms with van der Waals surface area (Å²) in [5.41, 5.74) is 0.528. The van der Waals surface area contributed by atoms with Crippen LogP contribution >= 0.6 is 0 Å². The lowest BCUT2D eigenvalue weighted by atomic mass is 10.2. The highest BCUT2D eigenvalue weighted by atomic mass is 19.1. The van der Waals surface area contributed by atoms with Crippen LogP contribution in [0.3, 0.4) is 0 Å². The standard InChI is InChI=1S/C12H12FN3O/c1-8-4-3-5-9(12(8)13)17-11-7-15-6-10(14-2)16-11/h3-7H,1-2H3,(H,14,16). The number of hydrogen-bond acceptors (Lipinski definition) is 4. The van der Waals surface area contributed by atoms with Gasteiger partial charge < -0.3 is 10.1 Å². The van der Waals surface area contributed by atoms with Crippen molar-refractivity contribution in [1.29, 1.82) is 0 Å². The number of nitrogens with one attached hydrogen (secondary N) is 1. The Labute approximate surface area is 98.5 Å². The molecule has 0 fully saturated rings. The summed E-state index contributed by atoms with van der Waals surface area (Å²) in [5.74, 6) is 0.577.